The molecule has 1 atom stereocenters. The lowest BCUT2D eigenvalue weighted by Gasteiger charge is -2.36. The number of nitrogens with zero attached hydrogens (tertiary/aromatic N) is 5. The number of thioether (sulfide) groups is 1. The number of azide groups is 1. The van der Waals surface area contributed by atoms with Gasteiger partial charge >= 0.3 is 0 Å². The average molecular weight is 434 g/mol. The number of hydrazone groups is 1. The third-order valence-electron chi connectivity index (χ3n) is 4.34. The highest BCUT2D eigenvalue weighted by molar-refractivity contribution is 8.15. The third-order valence-corrected chi connectivity index (χ3v) is 6.07. The summed E-state index contributed by atoms with van der Waals surface area (Å²) in [6, 6.07) is 12.6. The van der Waals surface area contributed by atoms with E-state index in [9.17, 15) is 8.78 Å². The first-order valence-corrected chi connectivity index (χ1v) is 9.84. The van der Waals surface area contributed by atoms with E-state index in [-0.39, 0.29) is 22.3 Å². The lowest BCUT2D eigenvalue weighted by atomic mass is 10.0. The molecule has 2 aromatic carbocycles. The van der Waals surface area contributed by atoms with Crippen LogP contribution in [0, 0.1) is 11.6 Å². The van der Waals surface area contributed by atoms with Crippen molar-refractivity contribution in [2.45, 2.75) is 17.7 Å². The van der Waals surface area contributed by atoms with Gasteiger partial charge in [0.05, 0.1) is 0 Å². The summed E-state index contributed by atoms with van der Waals surface area (Å²) in [5.74, 6) is 4.39. The van der Waals surface area contributed by atoms with Crippen LogP contribution in [0.25, 0.3) is 10.4 Å². The highest BCUT2D eigenvalue weighted by Crippen LogP contribution is 2.50. The van der Waals surface area contributed by atoms with Crippen LogP contribution in [0.5, 0.6) is 0 Å². The first-order chi connectivity index (χ1) is 14.0. The van der Waals surface area contributed by atoms with Crippen LogP contribution in [-0.2, 0) is 4.87 Å². The van der Waals surface area contributed by atoms with Crippen molar-refractivity contribution in [3.05, 3.63) is 81.7 Å². The second-order valence-electron chi connectivity index (χ2n) is 6.10. The summed E-state index contributed by atoms with van der Waals surface area (Å²) in [7, 11) is 0. The van der Waals surface area contributed by atoms with Gasteiger partial charge in [0, 0.05) is 17.0 Å². The molecule has 0 aromatic heterocycles. The predicted molar refractivity (Wildman–Crippen MR) is 114 cm³/mol. The second kappa shape index (κ2) is 9.19. The maximum absolute atomic E-state index is 14.4. The number of thiocarbonyl (C=S) groups is 1. The third kappa shape index (κ3) is 4.33. The number of rotatable bonds is 6. The van der Waals surface area contributed by atoms with E-state index in [2.05, 4.69) is 20.6 Å². The Morgan fingerprint density at radius 3 is 2.76 bits per heavy atom. The first kappa shape index (κ1) is 21.0. The molecule has 0 bridgehead atoms. The maximum Gasteiger partial charge on any atom is 0.205 e. The van der Waals surface area contributed by atoms with Gasteiger partial charge in [-0.1, -0.05) is 47.2 Å². The molecule has 1 aliphatic heterocycles. The van der Waals surface area contributed by atoms with Gasteiger partial charge in [-0.15, -0.1) is 0 Å². The lowest BCUT2D eigenvalue weighted by molar-refractivity contribution is 0.275. The Balaban J connectivity index is 2.09. The fourth-order valence-electron chi connectivity index (χ4n) is 3.05. The lowest BCUT2D eigenvalue weighted by Crippen LogP contribution is -2.48. The number of nitrogens with one attached hydrogen (secondary N) is 1. The summed E-state index contributed by atoms with van der Waals surface area (Å²) in [5, 5.41) is 9.95. The fourth-order valence-corrected chi connectivity index (χ4v) is 4.73. The van der Waals surface area contributed by atoms with Gasteiger partial charge in [0.1, 0.15) is 21.5 Å². The Hall–Kier alpha value is -2.72. The molecular weight excluding hydrogens is 416 g/mol. The van der Waals surface area contributed by atoms with E-state index in [0.717, 1.165) is 23.8 Å². The molecule has 1 unspecified atom stereocenters. The molecule has 11 heteroatoms. The second-order valence-corrected chi connectivity index (χ2v) is 7.75. The van der Waals surface area contributed by atoms with E-state index >= 15 is 0 Å². The Bertz CT molecular complexity index is 979. The summed E-state index contributed by atoms with van der Waals surface area (Å²) in [6.45, 7) is 0.270. The van der Waals surface area contributed by atoms with Crippen LogP contribution in [-0.4, -0.2) is 21.7 Å². The smallest absolute Gasteiger partial charge is 0.205 e. The molecule has 0 saturated heterocycles. The van der Waals surface area contributed by atoms with Crippen LogP contribution >= 0.6 is 24.0 Å². The van der Waals surface area contributed by atoms with E-state index in [1.54, 1.807) is 0 Å². The van der Waals surface area contributed by atoms with Crippen LogP contribution < -0.4 is 11.3 Å². The van der Waals surface area contributed by atoms with Crippen LogP contribution in [0.4, 0.5) is 8.78 Å². The predicted octanol–water partition coefficient (Wildman–Crippen LogP) is 4.37. The molecule has 0 amide bonds. The molecule has 0 spiro atoms. The fraction of sp³-hybridized carbons (Fsp3) is 0.222. The molecule has 0 fully saturated rings. The van der Waals surface area contributed by atoms with E-state index in [1.807, 2.05) is 30.3 Å². The largest absolute Gasteiger partial charge is 0.299 e. The van der Waals surface area contributed by atoms with Crippen LogP contribution in [0.2, 0.25) is 0 Å². The highest BCUT2D eigenvalue weighted by Gasteiger charge is 2.47. The molecule has 150 valence electrons. The molecular formula is C18H17F2N7S2. The Morgan fingerprint density at radius 2 is 2.07 bits per heavy atom. The minimum atomic E-state index is -0.871. The van der Waals surface area contributed by atoms with E-state index in [1.165, 1.54) is 16.8 Å². The van der Waals surface area contributed by atoms with Gasteiger partial charge in [0.2, 0.25) is 5.11 Å². The maximum atomic E-state index is 14.4. The molecule has 7 nitrogen and oxygen atoms in total. The Labute approximate surface area is 175 Å². The van der Waals surface area contributed by atoms with Crippen molar-refractivity contribution in [2.75, 3.05) is 6.54 Å². The number of nitrogens with two attached hydrogens (primary N) is 1. The van der Waals surface area contributed by atoms with Gasteiger partial charge in [-0.3, -0.25) is 5.43 Å². The van der Waals surface area contributed by atoms with Gasteiger partial charge in [-0.2, -0.15) is 5.10 Å². The Kier molecular flexibility index (Phi) is 6.65. The van der Waals surface area contributed by atoms with E-state index in [4.69, 9.17) is 23.6 Å². The van der Waals surface area contributed by atoms with Crippen molar-refractivity contribution in [3.8, 4) is 0 Å². The standard InChI is InChI=1S/C18H17F2N7S2/c19-13-7-8-15(20)14(11-13)16-25-27(17(28)24-21)18(29-16,9-4-10-23-26-22)12-5-2-1-3-6-12/h1-3,5-8,11H,4,9-10,21H2,(H,24,28). The summed E-state index contributed by atoms with van der Waals surface area (Å²) in [4.78, 5) is 1.90. The number of benzene rings is 2. The van der Waals surface area contributed by atoms with Crippen molar-refractivity contribution in [1.82, 2.24) is 10.4 Å². The average Bonchev–Trinajstić information content (AvgIpc) is 3.13. The van der Waals surface area contributed by atoms with Crippen molar-refractivity contribution in [2.24, 2.45) is 16.1 Å². The van der Waals surface area contributed by atoms with Crippen molar-refractivity contribution >= 4 is 34.1 Å². The topological polar surface area (TPSA) is 102 Å². The first-order valence-electron chi connectivity index (χ1n) is 8.62. The molecule has 1 aliphatic rings. The molecule has 0 radical (unpaired) electrons. The van der Waals surface area contributed by atoms with Crippen LogP contribution in [0.3, 0.4) is 0 Å². The number of hydrogen-bond acceptors (Lipinski definition) is 5. The minimum absolute atomic E-state index is 0.0349. The zero-order valence-electron chi connectivity index (χ0n) is 15.1. The number of hydrazine groups is 1. The van der Waals surface area contributed by atoms with E-state index < -0.39 is 16.5 Å². The van der Waals surface area contributed by atoms with Crippen molar-refractivity contribution in [3.63, 3.8) is 0 Å². The van der Waals surface area contributed by atoms with Crippen LogP contribution in [0.15, 0.2) is 58.7 Å². The molecule has 0 aliphatic carbocycles. The zero-order chi connectivity index (χ0) is 20.9. The van der Waals surface area contributed by atoms with Gasteiger partial charge in [0.15, 0.2) is 0 Å². The summed E-state index contributed by atoms with van der Waals surface area (Å²) < 4.78 is 28.2. The quantitative estimate of drug-likeness (QED) is 0.134. The number of hydrogen-bond donors (Lipinski definition) is 2. The minimum Gasteiger partial charge on any atom is -0.299 e. The molecule has 0 saturated carbocycles. The van der Waals surface area contributed by atoms with Gasteiger partial charge in [-0.25, -0.2) is 19.6 Å². The van der Waals surface area contributed by atoms with E-state index in [0.29, 0.717) is 12.8 Å². The number of halogens is 2. The van der Waals surface area contributed by atoms with Crippen molar-refractivity contribution < 1.29 is 8.78 Å². The molecule has 29 heavy (non-hydrogen) atoms. The van der Waals surface area contributed by atoms with Gasteiger partial charge in [0.25, 0.3) is 0 Å². The molecule has 1 heterocycles. The van der Waals surface area contributed by atoms with Crippen LogP contribution in [0.1, 0.15) is 24.0 Å². The normalized spacial score (nSPS) is 18.2. The monoisotopic (exact) mass is 433 g/mol. The van der Waals surface area contributed by atoms with Gasteiger partial charge in [-0.05, 0) is 54.4 Å². The SMILES string of the molecule is [N-]=[N+]=NCCCC1(c2ccccc2)SC(c2cc(F)ccc2F)=NN1C(=S)NN. The highest BCUT2D eigenvalue weighted by atomic mass is 32.2. The summed E-state index contributed by atoms with van der Waals surface area (Å²) in [6.07, 6.45) is 0.983. The summed E-state index contributed by atoms with van der Waals surface area (Å²) in [5.41, 5.74) is 11.9. The molecule has 3 rings (SSSR count). The summed E-state index contributed by atoms with van der Waals surface area (Å²) >= 11 is 6.60. The molecule has 2 aromatic rings. The molecule has 3 N–H and O–H groups in total. The van der Waals surface area contributed by atoms with Gasteiger partial charge < -0.3 is 0 Å². The Morgan fingerprint density at radius 1 is 1.31 bits per heavy atom. The zero-order valence-corrected chi connectivity index (χ0v) is 16.8. The van der Waals surface area contributed by atoms with Crippen molar-refractivity contribution in [1.29, 1.82) is 0 Å².